The molecule has 1 N–H and O–H groups in total. The minimum absolute atomic E-state index is 0.0338. The van der Waals surface area contributed by atoms with E-state index in [1.54, 1.807) is 4.90 Å². The Balaban J connectivity index is 1.99. The lowest BCUT2D eigenvalue weighted by Gasteiger charge is -2.42. The van der Waals surface area contributed by atoms with Crippen LogP contribution in [0.1, 0.15) is 80.8 Å². The van der Waals surface area contributed by atoms with Crippen LogP contribution >= 0.6 is 11.3 Å². The molecule has 0 bridgehead atoms. The summed E-state index contributed by atoms with van der Waals surface area (Å²) < 4.78 is 5.01. The summed E-state index contributed by atoms with van der Waals surface area (Å²) in [6.45, 7) is 8.33. The van der Waals surface area contributed by atoms with Crippen molar-refractivity contribution < 1.29 is 19.4 Å². The maximum absolute atomic E-state index is 13.6. The number of ether oxygens (including phenoxy) is 1. The molecule has 1 amide bonds. The van der Waals surface area contributed by atoms with Gasteiger partial charge in [0, 0.05) is 17.4 Å². The van der Waals surface area contributed by atoms with Crippen LogP contribution in [0, 0.1) is 29.1 Å². The number of anilines is 1. The number of nitrogens with zero attached hydrogens (tertiary/aromatic N) is 1. The highest BCUT2D eigenvalue weighted by Crippen LogP contribution is 2.40. The van der Waals surface area contributed by atoms with Crippen molar-refractivity contribution in [2.24, 2.45) is 17.3 Å². The number of aliphatic hydroxyl groups is 1. The third-order valence-corrected chi connectivity index (χ3v) is 6.98. The summed E-state index contributed by atoms with van der Waals surface area (Å²) in [7, 11) is 1.36. The van der Waals surface area contributed by atoms with Crippen molar-refractivity contribution in [1.82, 2.24) is 0 Å². The summed E-state index contributed by atoms with van der Waals surface area (Å²) in [6, 6.07) is 1.76. The molecule has 3 rings (SSSR count). The van der Waals surface area contributed by atoms with Crippen molar-refractivity contribution in [2.45, 2.75) is 78.4 Å². The van der Waals surface area contributed by atoms with Crippen LogP contribution in [0.15, 0.2) is 6.07 Å². The third-order valence-electron chi connectivity index (χ3n) is 5.96. The average Bonchev–Trinajstić information content (AvgIpc) is 3.08. The predicted octanol–water partition coefficient (Wildman–Crippen LogP) is 4.61. The molecule has 1 aromatic rings. The van der Waals surface area contributed by atoms with Gasteiger partial charge >= 0.3 is 5.97 Å². The van der Waals surface area contributed by atoms with Gasteiger partial charge in [0.2, 0.25) is 5.91 Å². The SMILES string of the molecule is COC(=O)c1sc(C#CC(C)(C)C)cc1N(C(=O)[C@H]1CC[C@H](C)CC1)C1CC(O)C1. The first-order valence-electron chi connectivity index (χ1n) is 10.9. The number of hydrogen-bond acceptors (Lipinski definition) is 5. The van der Waals surface area contributed by atoms with Crippen LogP contribution in [0.5, 0.6) is 0 Å². The van der Waals surface area contributed by atoms with E-state index in [9.17, 15) is 14.7 Å². The zero-order valence-electron chi connectivity index (χ0n) is 18.7. The number of thiophene rings is 1. The van der Waals surface area contributed by atoms with Gasteiger partial charge in [0.05, 0.1) is 23.8 Å². The number of rotatable bonds is 4. The Morgan fingerprint density at radius 3 is 2.37 bits per heavy atom. The molecule has 2 aliphatic rings. The van der Waals surface area contributed by atoms with E-state index in [0.29, 0.717) is 29.3 Å². The van der Waals surface area contributed by atoms with Gasteiger partial charge in [-0.1, -0.05) is 18.8 Å². The first-order chi connectivity index (χ1) is 14.1. The van der Waals surface area contributed by atoms with E-state index >= 15 is 0 Å². The lowest BCUT2D eigenvalue weighted by Crippen LogP contribution is -2.52. The van der Waals surface area contributed by atoms with Crippen LogP contribution in [0.2, 0.25) is 0 Å². The van der Waals surface area contributed by atoms with Gasteiger partial charge in [-0.25, -0.2) is 4.79 Å². The van der Waals surface area contributed by atoms with E-state index in [-0.39, 0.29) is 23.3 Å². The van der Waals surface area contributed by atoms with E-state index < -0.39 is 12.1 Å². The standard InChI is InChI=1S/C24H33NO4S/c1-15-6-8-16(9-7-15)22(27)25(17-12-18(26)13-17)20-14-19(10-11-24(2,3)4)30-21(20)23(28)29-5/h14-18,26H,6-9,12-13H2,1-5H3/t15-,16-,17?,18?. The van der Waals surface area contributed by atoms with Crippen molar-refractivity contribution in [1.29, 1.82) is 0 Å². The molecule has 0 aromatic carbocycles. The first kappa shape index (κ1) is 22.8. The Morgan fingerprint density at radius 2 is 1.83 bits per heavy atom. The van der Waals surface area contributed by atoms with Crippen LogP contribution in [0.4, 0.5) is 5.69 Å². The molecule has 0 spiro atoms. The minimum atomic E-state index is -0.450. The quantitative estimate of drug-likeness (QED) is 0.558. The fourth-order valence-corrected chi connectivity index (χ4v) is 5.00. The summed E-state index contributed by atoms with van der Waals surface area (Å²) >= 11 is 1.27. The predicted molar refractivity (Wildman–Crippen MR) is 120 cm³/mol. The topological polar surface area (TPSA) is 66.8 Å². The Morgan fingerprint density at radius 1 is 1.20 bits per heavy atom. The molecule has 0 saturated heterocycles. The molecular formula is C24H33NO4S. The normalized spacial score (nSPS) is 26.2. The summed E-state index contributed by atoms with van der Waals surface area (Å²) in [5.41, 5.74) is 0.424. The molecular weight excluding hydrogens is 398 g/mol. The fraction of sp³-hybridized carbons (Fsp3) is 0.667. The second kappa shape index (κ2) is 9.11. The lowest BCUT2D eigenvalue weighted by atomic mass is 9.80. The molecule has 0 unspecified atom stereocenters. The Labute approximate surface area is 183 Å². The molecule has 30 heavy (non-hydrogen) atoms. The first-order valence-corrected chi connectivity index (χ1v) is 11.7. The van der Waals surface area contributed by atoms with Crippen LogP contribution in [0.25, 0.3) is 0 Å². The number of methoxy groups -OCH3 is 1. The van der Waals surface area contributed by atoms with Gasteiger partial charge in [0.1, 0.15) is 4.88 Å². The Hall–Kier alpha value is -1.84. The number of amides is 1. The van der Waals surface area contributed by atoms with Gasteiger partial charge < -0.3 is 14.7 Å². The number of hydrogen-bond donors (Lipinski definition) is 1. The van der Waals surface area contributed by atoms with E-state index in [0.717, 1.165) is 30.6 Å². The highest BCUT2D eigenvalue weighted by Gasteiger charge is 2.41. The lowest BCUT2D eigenvalue weighted by molar-refractivity contribution is -0.124. The average molecular weight is 432 g/mol. The molecule has 164 valence electrons. The van der Waals surface area contributed by atoms with E-state index in [1.807, 2.05) is 26.8 Å². The van der Waals surface area contributed by atoms with Gasteiger partial charge in [-0.3, -0.25) is 4.79 Å². The summed E-state index contributed by atoms with van der Waals surface area (Å²) in [4.78, 5) is 29.1. The van der Waals surface area contributed by atoms with Crippen molar-refractivity contribution in [2.75, 3.05) is 12.0 Å². The van der Waals surface area contributed by atoms with E-state index in [4.69, 9.17) is 4.74 Å². The Kier molecular flexibility index (Phi) is 6.94. The van der Waals surface area contributed by atoms with Gasteiger partial charge in [-0.05, 0) is 71.3 Å². The maximum atomic E-state index is 13.6. The van der Waals surface area contributed by atoms with Crippen LogP contribution < -0.4 is 4.90 Å². The van der Waals surface area contributed by atoms with Crippen LogP contribution in [-0.4, -0.2) is 36.2 Å². The third kappa shape index (κ3) is 5.25. The largest absolute Gasteiger partial charge is 0.465 e. The molecule has 5 nitrogen and oxygen atoms in total. The zero-order chi connectivity index (χ0) is 22.1. The van der Waals surface area contributed by atoms with Crippen molar-refractivity contribution in [3.63, 3.8) is 0 Å². The summed E-state index contributed by atoms with van der Waals surface area (Å²) in [5.74, 6) is 6.60. The summed E-state index contributed by atoms with van der Waals surface area (Å²) in [5, 5.41) is 9.90. The molecule has 2 aliphatic carbocycles. The number of carbonyl (C=O) groups is 2. The maximum Gasteiger partial charge on any atom is 0.350 e. The Bertz CT molecular complexity index is 843. The second-order valence-electron chi connectivity index (χ2n) is 9.76. The minimum Gasteiger partial charge on any atom is -0.465 e. The van der Waals surface area contributed by atoms with E-state index in [1.165, 1.54) is 18.4 Å². The van der Waals surface area contributed by atoms with Crippen LogP contribution in [-0.2, 0) is 9.53 Å². The number of aliphatic hydroxyl groups excluding tert-OH is 1. The van der Waals surface area contributed by atoms with Crippen molar-refractivity contribution in [3.05, 3.63) is 15.8 Å². The second-order valence-corrected chi connectivity index (χ2v) is 10.8. The van der Waals surface area contributed by atoms with Gasteiger partial charge in [0.25, 0.3) is 0 Å². The molecule has 0 aliphatic heterocycles. The monoisotopic (exact) mass is 431 g/mol. The van der Waals surface area contributed by atoms with Gasteiger partial charge in [-0.15, -0.1) is 11.3 Å². The smallest absolute Gasteiger partial charge is 0.350 e. The molecule has 2 fully saturated rings. The van der Waals surface area contributed by atoms with Gasteiger partial charge in [0.15, 0.2) is 0 Å². The molecule has 2 saturated carbocycles. The number of carbonyl (C=O) groups excluding carboxylic acids is 2. The highest BCUT2D eigenvalue weighted by atomic mass is 32.1. The van der Waals surface area contributed by atoms with Crippen molar-refractivity contribution >= 4 is 28.9 Å². The van der Waals surface area contributed by atoms with Crippen LogP contribution in [0.3, 0.4) is 0 Å². The van der Waals surface area contributed by atoms with E-state index in [2.05, 4.69) is 18.8 Å². The fourth-order valence-electron chi connectivity index (χ4n) is 4.08. The molecule has 1 aromatic heterocycles. The molecule has 0 radical (unpaired) electrons. The molecule has 0 atom stereocenters. The highest BCUT2D eigenvalue weighted by molar-refractivity contribution is 7.15. The molecule has 6 heteroatoms. The van der Waals surface area contributed by atoms with Gasteiger partial charge in [-0.2, -0.15) is 0 Å². The summed E-state index contributed by atoms with van der Waals surface area (Å²) in [6.07, 6.45) is 4.53. The zero-order valence-corrected chi connectivity index (χ0v) is 19.5. The molecule has 1 heterocycles. The van der Waals surface area contributed by atoms with Crippen molar-refractivity contribution in [3.8, 4) is 11.8 Å². The number of esters is 1.